The van der Waals surface area contributed by atoms with Crippen LogP contribution in [-0.2, 0) is 16.1 Å². The van der Waals surface area contributed by atoms with Crippen molar-refractivity contribution in [1.82, 2.24) is 15.1 Å². The molecule has 0 aliphatic carbocycles. The molecule has 1 aromatic heterocycles. The van der Waals surface area contributed by atoms with E-state index in [1.54, 1.807) is 18.2 Å². The topological polar surface area (TPSA) is 113 Å². The lowest BCUT2D eigenvalue weighted by Gasteiger charge is -2.19. The van der Waals surface area contributed by atoms with E-state index in [1.807, 2.05) is 45.0 Å². The highest BCUT2D eigenvalue weighted by molar-refractivity contribution is 6.32. The van der Waals surface area contributed by atoms with Crippen molar-refractivity contribution >= 4 is 29.1 Å². The minimum Gasteiger partial charge on any atom is -0.491 e. The number of carbonyl (C=O) groups excluding carboxylic acids is 2. The molecule has 0 saturated carbocycles. The second-order valence-corrected chi connectivity index (χ2v) is 8.75. The highest BCUT2D eigenvalue weighted by atomic mass is 35.5. The summed E-state index contributed by atoms with van der Waals surface area (Å²) in [6.07, 6.45) is 0.0742. The number of nitrogens with zero attached hydrogens (tertiary/aromatic N) is 6. The summed E-state index contributed by atoms with van der Waals surface area (Å²) in [6, 6.07) is 10.6. The van der Waals surface area contributed by atoms with Gasteiger partial charge in [-0.15, -0.1) is 0 Å². The monoisotopic (exact) mass is 480 g/mol. The number of carbonyl (C=O) groups is 2. The maximum atomic E-state index is 13.2. The molecule has 2 aliphatic heterocycles. The van der Waals surface area contributed by atoms with Crippen LogP contribution in [0.25, 0.3) is 11.4 Å². The maximum Gasteiger partial charge on any atom is 0.263 e. The minimum absolute atomic E-state index is 0.0354. The van der Waals surface area contributed by atoms with Crippen LogP contribution in [0.15, 0.2) is 57.3 Å². The maximum absolute atomic E-state index is 13.2. The fraction of sp³-hybridized carbons (Fsp3) is 0.304. The van der Waals surface area contributed by atoms with Crippen LogP contribution in [0.1, 0.15) is 25.3 Å². The first-order valence-electron chi connectivity index (χ1n) is 10.7. The number of anilines is 1. The van der Waals surface area contributed by atoms with Gasteiger partial charge in [0.25, 0.3) is 11.8 Å². The minimum atomic E-state index is -0.927. The molecule has 0 unspecified atom stereocenters. The molecule has 0 N–H and O–H groups in total. The number of ether oxygens (including phenoxy) is 1. The summed E-state index contributed by atoms with van der Waals surface area (Å²) in [5.41, 5.74) is 2.00. The van der Waals surface area contributed by atoms with E-state index in [1.165, 1.54) is 5.01 Å². The molecule has 5 rings (SSSR count). The predicted molar refractivity (Wildman–Crippen MR) is 122 cm³/mol. The Balaban J connectivity index is 1.31. The third-order valence-corrected chi connectivity index (χ3v) is 5.93. The number of hydrogen-bond acceptors (Lipinski definition) is 9. The van der Waals surface area contributed by atoms with Gasteiger partial charge in [0.15, 0.2) is 12.1 Å². The highest BCUT2D eigenvalue weighted by Crippen LogP contribution is 2.34. The van der Waals surface area contributed by atoms with Gasteiger partial charge in [-0.2, -0.15) is 10.1 Å². The number of halogens is 1. The molecule has 0 bridgehead atoms. The average Bonchev–Trinajstić information content (AvgIpc) is 3.49. The molecule has 34 heavy (non-hydrogen) atoms. The zero-order valence-electron chi connectivity index (χ0n) is 18.7. The zero-order chi connectivity index (χ0) is 24.0. The van der Waals surface area contributed by atoms with E-state index in [0.29, 0.717) is 16.5 Å². The van der Waals surface area contributed by atoms with Gasteiger partial charge in [-0.25, -0.2) is 4.90 Å². The lowest BCUT2D eigenvalue weighted by Crippen LogP contribution is -2.39. The summed E-state index contributed by atoms with van der Waals surface area (Å²) in [5, 5.41) is 13.9. The largest absolute Gasteiger partial charge is 0.491 e. The fourth-order valence-electron chi connectivity index (χ4n) is 3.86. The third kappa shape index (κ3) is 3.90. The van der Waals surface area contributed by atoms with Crippen molar-refractivity contribution in [3.05, 3.63) is 58.9 Å². The van der Waals surface area contributed by atoms with Crippen LogP contribution in [0, 0.1) is 6.92 Å². The van der Waals surface area contributed by atoms with Crippen molar-refractivity contribution in [3.63, 3.8) is 0 Å². The van der Waals surface area contributed by atoms with E-state index in [9.17, 15) is 9.59 Å². The summed E-state index contributed by atoms with van der Waals surface area (Å²) >= 11 is 6.19. The summed E-state index contributed by atoms with van der Waals surface area (Å²) in [6.45, 7) is 5.79. The molecule has 10 nitrogen and oxygen atoms in total. The van der Waals surface area contributed by atoms with E-state index in [-0.39, 0.29) is 18.5 Å². The second kappa shape index (κ2) is 8.53. The van der Waals surface area contributed by atoms with Gasteiger partial charge in [0, 0.05) is 10.6 Å². The van der Waals surface area contributed by atoms with E-state index in [4.69, 9.17) is 20.9 Å². The quantitative estimate of drug-likeness (QED) is 0.490. The number of hydrogen-bond donors (Lipinski definition) is 0. The van der Waals surface area contributed by atoms with Crippen LogP contribution in [0.2, 0.25) is 5.02 Å². The molecule has 2 aliphatic rings. The molecular formula is C23H21ClN6O4. The predicted octanol–water partition coefficient (Wildman–Crippen LogP) is 3.98. The number of rotatable bonds is 6. The van der Waals surface area contributed by atoms with Crippen LogP contribution in [0.4, 0.5) is 5.69 Å². The molecule has 2 atom stereocenters. The van der Waals surface area contributed by atoms with Gasteiger partial charge < -0.3 is 9.26 Å². The molecule has 3 aromatic rings. The fourth-order valence-corrected chi connectivity index (χ4v) is 4.03. The van der Waals surface area contributed by atoms with Gasteiger partial charge in [-0.1, -0.05) is 28.0 Å². The Labute approximate surface area is 200 Å². The van der Waals surface area contributed by atoms with E-state index >= 15 is 0 Å². The van der Waals surface area contributed by atoms with Crippen LogP contribution >= 0.6 is 11.6 Å². The van der Waals surface area contributed by atoms with Crippen molar-refractivity contribution in [2.24, 2.45) is 10.3 Å². The van der Waals surface area contributed by atoms with Gasteiger partial charge in [0.2, 0.25) is 11.7 Å². The molecule has 1 fully saturated rings. The number of fused-ring (bicyclic) bond motifs is 1. The number of benzene rings is 2. The summed E-state index contributed by atoms with van der Waals surface area (Å²) < 4.78 is 11.0. The molecular weight excluding hydrogens is 460 g/mol. The molecule has 11 heteroatoms. The Morgan fingerprint density at radius 2 is 1.88 bits per heavy atom. The van der Waals surface area contributed by atoms with E-state index in [2.05, 4.69) is 20.5 Å². The van der Waals surface area contributed by atoms with Crippen LogP contribution in [0.3, 0.4) is 0 Å². The summed E-state index contributed by atoms with van der Waals surface area (Å²) in [4.78, 5) is 31.6. The van der Waals surface area contributed by atoms with Crippen molar-refractivity contribution in [3.8, 4) is 17.1 Å². The number of aromatic nitrogens is 2. The number of imide groups is 1. The lowest BCUT2D eigenvalue weighted by atomic mass is 10.1. The first kappa shape index (κ1) is 22.0. The smallest absolute Gasteiger partial charge is 0.263 e. The summed E-state index contributed by atoms with van der Waals surface area (Å²) in [5.74, 6) is 0.504. The Bertz CT molecular complexity index is 1290. The lowest BCUT2D eigenvalue weighted by molar-refractivity contribution is -0.123. The van der Waals surface area contributed by atoms with Crippen LogP contribution < -0.4 is 9.64 Å². The van der Waals surface area contributed by atoms with Gasteiger partial charge in [-0.05, 0) is 62.7 Å². The van der Waals surface area contributed by atoms with Gasteiger partial charge >= 0.3 is 0 Å². The van der Waals surface area contributed by atoms with Crippen molar-refractivity contribution in [1.29, 1.82) is 0 Å². The van der Waals surface area contributed by atoms with E-state index in [0.717, 1.165) is 21.8 Å². The summed E-state index contributed by atoms with van der Waals surface area (Å²) in [7, 11) is 0. The van der Waals surface area contributed by atoms with Crippen LogP contribution in [0.5, 0.6) is 5.75 Å². The first-order valence-corrected chi connectivity index (χ1v) is 11.1. The Morgan fingerprint density at radius 1 is 1.12 bits per heavy atom. The Kier molecular flexibility index (Phi) is 5.52. The first-order chi connectivity index (χ1) is 16.3. The standard InChI is InChI=1S/C23H21ClN6O4/c1-12(2)33-16-8-5-14(6-9-16)21-25-18(34-27-21)11-29-20-19(26-28-29)22(31)30(23(20)32)15-7-4-13(3)17(24)10-15/h4-10,12,19-20H,11H2,1-3H3/t19-,20+/m1/s1. The third-order valence-electron chi connectivity index (χ3n) is 5.52. The number of amides is 2. The molecule has 0 spiro atoms. The molecule has 3 heterocycles. The molecule has 174 valence electrons. The highest BCUT2D eigenvalue weighted by Gasteiger charge is 2.55. The second-order valence-electron chi connectivity index (χ2n) is 8.34. The van der Waals surface area contributed by atoms with E-state index < -0.39 is 23.9 Å². The average molecular weight is 481 g/mol. The van der Waals surface area contributed by atoms with Gasteiger partial charge in [-0.3, -0.25) is 14.6 Å². The van der Waals surface area contributed by atoms with Crippen molar-refractivity contribution in [2.75, 3.05) is 4.90 Å². The molecule has 0 radical (unpaired) electrons. The Morgan fingerprint density at radius 3 is 2.59 bits per heavy atom. The van der Waals surface area contributed by atoms with Crippen molar-refractivity contribution in [2.45, 2.75) is 45.5 Å². The number of aryl methyl sites for hydroxylation is 1. The van der Waals surface area contributed by atoms with Gasteiger partial charge in [0.05, 0.1) is 11.8 Å². The zero-order valence-corrected chi connectivity index (χ0v) is 19.4. The molecule has 2 amide bonds. The van der Waals surface area contributed by atoms with Crippen LogP contribution in [-0.4, -0.2) is 45.2 Å². The van der Waals surface area contributed by atoms with Crippen molar-refractivity contribution < 1.29 is 18.8 Å². The normalized spacial score (nSPS) is 19.4. The molecule has 2 aromatic carbocycles. The molecule has 1 saturated heterocycles. The Hall–Kier alpha value is -3.79. The van der Waals surface area contributed by atoms with Gasteiger partial charge in [0.1, 0.15) is 12.3 Å². The SMILES string of the molecule is Cc1ccc(N2C(=O)[C@@H]3[C@@H](N=NN3Cc3nc(-c4ccc(OC(C)C)cc4)no3)C2=O)cc1Cl.